The fourth-order valence-corrected chi connectivity index (χ4v) is 2.09. The Balaban J connectivity index is 4.11. The van der Waals surface area contributed by atoms with Gasteiger partial charge in [-0.1, -0.05) is 20.8 Å². The van der Waals surface area contributed by atoms with Gasteiger partial charge < -0.3 is 16.0 Å². The largest absolute Gasteiger partial charge is 0.347 e. The minimum absolute atomic E-state index is 0.0600. The molecule has 118 valence electrons. The van der Waals surface area contributed by atoms with Gasteiger partial charge in [0.2, 0.25) is 11.8 Å². The summed E-state index contributed by atoms with van der Waals surface area (Å²) in [5.41, 5.74) is 5.78. The number of carbonyl (C=O) groups is 2. The third-order valence-corrected chi connectivity index (χ3v) is 3.80. The maximum absolute atomic E-state index is 11.8. The molecule has 0 fully saturated rings. The molecule has 5 nitrogen and oxygen atoms in total. The maximum atomic E-state index is 11.8. The van der Waals surface area contributed by atoms with Crippen molar-refractivity contribution in [2.45, 2.75) is 47.0 Å². The molecule has 0 saturated heterocycles. The molecular formula is C15H31N3O2. The van der Waals surface area contributed by atoms with Crippen molar-refractivity contribution in [1.29, 1.82) is 0 Å². The van der Waals surface area contributed by atoms with Crippen molar-refractivity contribution in [3.8, 4) is 0 Å². The van der Waals surface area contributed by atoms with Crippen molar-refractivity contribution in [1.82, 2.24) is 10.2 Å². The monoisotopic (exact) mass is 285 g/mol. The van der Waals surface area contributed by atoms with Crippen LogP contribution in [0.4, 0.5) is 0 Å². The summed E-state index contributed by atoms with van der Waals surface area (Å²) < 4.78 is 0. The minimum atomic E-state index is -0.0610. The van der Waals surface area contributed by atoms with E-state index in [2.05, 4.69) is 26.1 Å². The molecule has 20 heavy (non-hydrogen) atoms. The zero-order valence-electron chi connectivity index (χ0n) is 13.7. The first kappa shape index (κ1) is 18.9. The lowest BCUT2D eigenvalue weighted by molar-refractivity contribution is -0.131. The van der Waals surface area contributed by atoms with Crippen LogP contribution in [0.15, 0.2) is 0 Å². The average molecular weight is 285 g/mol. The molecule has 0 aliphatic rings. The Hall–Kier alpha value is -1.10. The fraction of sp³-hybridized carbons (Fsp3) is 0.867. The van der Waals surface area contributed by atoms with Gasteiger partial charge in [-0.05, 0) is 37.6 Å². The fourth-order valence-electron chi connectivity index (χ4n) is 2.09. The molecule has 0 aliphatic carbocycles. The van der Waals surface area contributed by atoms with Gasteiger partial charge in [0.1, 0.15) is 0 Å². The number of carbonyl (C=O) groups excluding carboxylic acids is 2. The number of nitrogens with zero attached hydrogens (tertiary/aromatic N) is 1. The van der Waals surface area contributed by atoms with Crippen LogP contribution in [0.2, 0.25) is 0 Å². The summed E-state index contributed by atoms with van der Waals surface area (Å²) in [7, 11) is 1.73. The van der Waals surface area contributed by atoms with Crippen LogP contribution in [0.25, 0.3) is 0 Å². The second-order valence-electron chi connectivity index (χ2n) is 6.36. The van der Waals surface area contributed by atoms with Crippen LogP contribution in [0.3, 0.4) is 0 Å². The zero-order valence-corrected chi connectivity index (χ0v) is 13.7. The van der Waals surface area contributed by atoms with Gasteiger partial charge in [-0.3, -0.25) is 9.59 Å². The Morgan fingerprint density at radius 1 is 1.25 bits per heavy atom. The van der Waals surface area contributed by atoms with Gasteiger partial charge in [0.25, 0.3) is 0 Å². The second-order valence-corrected chi connectivity index (χ2v) is 6.36. The lowest BCUT2D eigenvalue weighted by Crippen LogP contribution is -2.38. The lowest BCUT2D eigenvalue weighted by Gasteiger charge is -2.30. The molecule has 2 amide bonds. The van der Waals surface area contributed by atoms with Crippen LogP contribution in [0.1, 0.15) is 47.0 Å². The Kier molecular flexibility index (Phi) is 8.46. The zero-order chi connectivity index (χ0) is 15.8. The highest BCUT2D eigenvalue weighted by atomic mass is 16.2. The molecule has 3 N–H and O–H groups in total. The molecule has 0 heterocycles. The number of likely N-dealkylation sites (N-methyl/N-ethyl adjacent to an activating group) is 1. The highest BCUT2D eigenvalue weighted by molar-refractivity contribution is 5.84. The number of amides is 2. The molecular weight excluding hydrogens is 254 g/mol. The highest BCUT2D eigenvalue weighted by Crippen LogP contribution is 2.31. The lowest BCUT2D eigenvalue weighted by atomic mass is 9.76. The first-order chi connectivity index (χ1) is 9.22. The summed E-state index contributed by atoms with van der Waals surface area (Å²) in [6.45, 7) is 9.79. The van der Waals surface area contributed by atoms with Gasteiger partial charge in [0.05, 0.1) is 6.54 Å². The summed E-state index contributed by atoms with van der Waals surface area (Å²) >= 11 is 0. The Morgan fingerprint density at radius 3 is 2.30 bits per heavy atom. The van der Waals surface area contributed by atoms with E-state index in [0.29, 0.717) is 25.4 Å². The van der Waals surface area contributed by atoms with Gasteiger partial charge in [0.15, 0.2) is 0 Å². The topological polar surface area (TPSA) is 75.4 Å². The molecule has 0 aromatic heterocycles. The molecule has 1 unspecified atom stereocenters. The number of nitrogens with one attached hydrogen (secondary N) is 1. The predicted molar refractivity (Wildman–Crippen MR) is 82.2 cm³/mol. The normalized spacial score (nSPS) is 12.9. The second kappa shape index (κ2) is 8.95. The van der Waals surface area contributed by atoms with Crippen molar-refractivity contribution in [2.24, 2.45) is 17.1 Å². The molecule has 0 aromatic rings. The van der Waals surface area contributed by atoms with E-state index in [4.69, 9.17) is 5.73 Å². The average Bonchev–Trinajstić information content (AvgIpc) is 2.38. The summed E-state index contributed by atoms with van der Waals surface area (Å²) in [5.74, 6) is 0.302. The Bertz CT molecular complexity index is 311. The van der Waals surface area contributed by atoms with E-state index >= 15 is 0 Å². The maximum Gasteiger partial charge on any atom is 0.241 e. The molecule has 1 atom stereocenters. The van der Waals surface area contributed by atoms with E-state index < -0.39 is 0 Å². The molecule has 0 bridgehead atoms. The SMILES string of the molecule is CCN(C)C(=O)CNC(=O)CCC(CCN)C(C)(C)C. The van der Waals surface area contributed by atoms with Gasteiger partial charge in [-0.2, -0.15) is 0 Å². The van der Waals surface area contributed by atoms with E-state index in [1.807, 2.05) is 6.92 Å². The van der Waals surface area contributed by atoms with Crippen molar-refractivity contribution in [3.05, 3.63) is 0 Å². The standard InChI is InChI=1S/C15H31N3O2/c1-6-18(5)14(20)11-17-13(19)8-7-12(9-10-16)15(2,3)4/h12H,6-11,16H2,1-5H3,(H,17,19). The third kappa shape index (κ3) is 7.48. The summed E-state index contributed by atoms with van der Waals surface area (Å²) in [6.07, 6.45) is 2.18. The number of hydrogen-bond donors (Lipinski definition) is 2. The van der Waals surface area contributed by atoms with Crippen LogP contribution >= 0.6 is 0 Å². The highest BCUT2D eigenvalue weighted by Gasteiger charge is 2.24. The van der Waals surface area contributed by atoms with Crippen molar-refractivity contribution >= 4 is 11.8 Å². The van der Waals surface area contributed by atoms with E-state index in [0.717, 1.165) is 12.8 Å². The number of nitrogens with two attached hydrogens (primary N) is 1. The van der Waals surface area contributed by atoms with E-state index in [1.54, 1.807) is 11.9 Å². The van der Waals surface area contributed by atoms with Crippen molar-refractivity contribution in [2.75, 3.05) is 26.7 Å². The first-order valence-electron chi connectivity index (χ1n) is 7.43. The minimum Gasteiger partial charge on any atom is -0.347 e. The van der Waals surface area contributed by atoms with Gasteiger partial charge in [-0.15, -0.1) is 0 Å². The summed E-state index contributed by atoms with van der Waals surface area (Å²) in [6, 6.07) is 0. The van der Waals surface area contributed by atoms with E-state index in [9.17, 15) is 9.59 Å². The van der Waals surface area contributed by atoms with Gasteiger partial charge in [-0.25, -0.2) is 0 Å². The molecule has 5 heteroatoms. The summed E-state index contributed by atoms with van der Waals surface area (Å²) in [5, 5.41) is 2.69. The number of hydrogen-bond acceptors (Lipinski definition) is 3. The van der Waals surface area contributed by atoms with Crippen LogP contribution in [0, 0.1) is 11.3 Å². The Labute approximate surface area is 123 Å². The third-order valence-electron chi connectivity index (χ3n) is 3.80. The van der Waals surface area contributed by atoms with Crippen LogP contribution < -0.4 is 11.1 Å². The van der Waals surface area contributed by atoms with Crippen LogP contribution in [-0.2, 0) is 9.59 Å². The predicted octanol–water partition coefficient (Wildman–Crippen LogP) is 1.37. The van der Waals surface area contributed by atoms with E-state index in [1.165, 1.54) is 0 Å². The molecule has 0 aliphatic heterocycles. The van der Waals surface area contributed by atoms with Gasteiger partial charge in [0, 0.05) is 20.0 Å². The smallest absolute Gasteiger partial charge is 0.241 e. The molecule has 0 spiro atoms. The molecule has 0 aromatic carbocycles. The summed E-state index contributed by atoms with van der Waals surface area (Å²) in [4.78, 5) is 24.9. The van der Waals surface area contributed by atoms with Gasteiger partial charge >= 0.3 is 0 Å². The quantitative estimate of drug-likeness (QED) is 0.707. The molecule has 0 saturated carbocycles. The number of rotatable bonds is 8. The van der Waals surface area contributed by atoms with Crippen LogP contribution in [-0.4, -0.2) is 43.4 Å². The van der Waals surface area contributed by atoms with Crippen molar-refractivity contribution in [3.63, 3.8) is 0 Å². The van der Waals surface area contributed by atoms with E-state index in [-0.39, 0.29) is 23.8 Å². The Morgan fingerprint density at radius 2 is 1.85 bits per heavy atom. The molecule has 0 rings (SSSR count). The van der Waals surface area contributed by atoms with Crippen LogP contribution in [0.5, 0.6) is 0 Å². The first-order valence-corrected chi connectivity index (χ1v) is 7.43. The molecule has 0 radical (unpaired) electrons. The van der Waals surface area contributed by atoms with Crippen molar-refractivity contribution < 1.29 is 9.59 Å².